The molecule has 0 saturated carbocycles. The van der Waals surface area contributed by atoms with Crippen LogP contribution in [0, 0.1) is 6.92 Å². The summed E-state index contributed by atoms with van der Waals surface area (Å²) in [5.41, 5.74) is 3.57. The molecular weight excluding hydrogens is 264 g/mol. The molecule has 1 atom stereocenters. The summed E-state index contributed by atoms with van der Waals surface area (Å²) in [7, 11) is 0. The van der Waals surface area contributed by atoms with Gasteiger partial charge >= 0.3 is 0 Å². The number of nitrogens with two attached hydrogens (primary N) is 1. The van der Waals surface area contributed by atoms with E-state index in [1.807, 2.05) is 13.0 Å². The number of piperidine rings is 1. The molecule has 2 fully saturated rings. The molecule has 1 unspecified atom stereocenters. The van der Waals surface area contributed by atoms with E-state index in [0.29, 0.717) is 5.82 Å². The van der Waals surface area contributed by atoms with E-state index in [1.54, 1.807) is 0 Å². The Morgan fingerprint density at radius 3 is 2.81 bits per heavy atom. The number of hydrogen-bond donors (Lipinski definition) is 2. The minimum Gasteiger partial charge on any atom is -0.308 e. The first-order chi connectivity index (χ1) is 10.2. The van der Waals surface area contributed by atoms with E-state index in [0.717, 1.165) is 37.2 Å². The lowest BCUT2D eigenvalue weighted by atomic mass is 10.1. The van der Waals surface area contributed by atoms with Crippen molar-refractivity contribution in [3.05, 3.63) is 17.6 Å². The van der Waals surface area contributed by atoms with Gasteiger partial charge in [-0.1, -0.05) is 6.42 Å². The first kappa shape index (κ1) is 14.7. The molecule has 0 spiro atoms. The zero-order valence-electron chi connectivity index (χ0n) is 12.9. The Kier molecular flexibility index (Phi) is 4.67. The molecule has 116 valence electrons. The van der Waals surface area contributed by atoms with Crippen molar-refractivity contribution in [1.29, 1.82) is 0 Å². The van der Waals surface area contributed by atoms with Gasteiger partial charge in [-0.15, -0.1) is 0 Å². The molecule has 0 aromatic carbocycles. The molecule has 2 aliphatic heterocycles. The second-order valence-electron chi connectivity index (χ2n) is 6.23. The van der Waals surface area contributed by atoms with E-state index < -0.39 is 0 Å². The molecule has 6 heteroatoms. The molecule has 0 aliphatic carbocycles. The van der Waals surface area contributed by atoms with Crippen LogP contribution in [0.15, 0.2) is 6.07 Å². The molecule has 2 aliphatic rings. The Bertz CT molecular complexity index is 471. The van der Waals surface area contributed by atoms with Crippen LogP contribution in [0.1, 0.15) is 37.2 Å². The second kappa shape index (κ2) is 6.68. The average Bonchev–Trinajstić information content (AvgIpc) is 2.96. The first-order valence-corrected chi connectivity index (χ1v) is 8.02. The fourth-order valence-electron chi connectivity index (χ4n) is 3.51. The number of rotatable bonds is 4. The van der Waals surface area contributed by atoms with Gasteiger partial charge in [0.25, 0.3) is 0 Å². The van der Waals surface area contributed by atoms with Gasteiger partial charge in [0, 0.05) is 30.9 Å². The number of nitrogens with zero attached hydrogens (tertiary/aromatic N) is 4. The van der Waals surface area contributed by atoms with Gasteiger partial charge < -0.3 is 5.43 Å². The summed E-state index contributed by atoms with van der Waals surface area (Å²) in [4.78, 5) is 14.1. The summed E-state index contributed by atoms with van der Waals surface area (Å²) in [5, 5.41) is 0. The number of aryl methyl sites for hydroxylation is 1. The van der Waals surface area contributed by atoms with Gasteiger partial charge in [0.05, 0.1) is 6.54 Å². The fourth-order valence-corrected chi connectivity index (χ4v) is 3.51. The molecule has 0 bridgehead atoms. The zero-order chi connectivity index (χ0) is 14.7. The summed E-state index contributed by atoms with van der Waals surface area (Å²) in [5.74, 6) is 7.02. The number of anilines is 1. The van der Waals surface area contributed by atoms with Crippen molar-refractivity contribution < 1.29 is 0 Å². The van der Waals surface area contributed by atoms with Crippen molar-refractivity contribution in [1.82, 2.24) is 19.8 Å². The van der Waals surface area contributed by atoms with Gasteiger partial charge in [0.1, 0.15) is 11.6 Å². The summed E-state index contributed by atoms with van der Waals surface area (Å²) < 4.78 is 0. The second-order valence-corrected chi connectivity index (χ2v) is 6.23. The molecule has 0 amide bonds. The smallest absolute Gasteiger partial charge is 0.145 e. The highest BCUT2D eigenvalue weighted by molar-refractivity contribution is 5.33. The molecule has 21 heavy (non-hydrogen) atoms. The van der Waals surface area contributed by atoms with Gasteiger partial charge in [-0.2, -0.15) is 0 Å². The minimum absolute atomic E-state index is 0.698. The predicted molar refractivity (Wildman–Crippen MR) is 83.7 cm³/mol. The van der Waals surface area contributed by atoms with Crippen LogP contribution in [0.3, 0.4) is 0 Å². The molecular formula is C15H26N6. The monoisotopic (exact) mass is 290 g/mol. The van der Waals surface area contributed by atoms with E-state index in [1.165, 1.54) is 38.8 Å². The molecule has 1 aromatic heterocycles. The van der Waals surface area contributed by atoms with Crippen LogP contribution in [0.2, 0.25) is 0 Å². The molecule has 1 aromatic rings. The van der Waals surface area contributed by atoms with Crippen LogP contribution >= 0.6 is 0 Å². The summed E-state index contributed by atoms with van der Waals surface area (Å²) in [6.07, 6.45) is 5.40. The molecule has 0 radical (unpaired) electrons. The SMILES string of the molecule is Cc1cc(NN)nc(CN2CCC(N3CCCCC3)C2)n1. The Morgan fingerprint density at radius 1 is 1.24 bits per heavy atom. The average molecular weight is 290 g/mol. The van der Waals surface area contributed by atoms with Crippen LogP contribution in [0.25, 0.3) is 0 Å². The van der Waals surface area contributed by atoms with Gasteiger partial charge in [-0.25, -0.2) is 15.8 Å². The summed E-state index contributed by atoms with van der Waals surface area (Å²) in [6, 6.07) is 2.59. The van der Waals surface area contributed by atoms with Crippen LogP contribution < -0.4 is 11.3 Å². The molecule has 2 saturated heterocycles. The molecule has 6 nitrogen and oxygen atoms in total. The van der Waals surface area contributed by atoms with Crippen LogP contribution in [-0.2, 0) is 6.54 Å². The Morgan fingerprint density at radius 2 is 2.05 bits per heavy atom. The van der Waals surface area contributed by atoms with Gasteiger partial charge in [0.2, 0.25) is 0 Å². The van der Waals surface area contributed by atoms with Crippen molar-refractivity contribution in [3.8, 4) is 0 Å². The summed E-state index contributed by atoms with van der Waals surface area (Å²) in [6.45, 7) is 7.64. The van der Waals surface area contributed by atoms with Crippen LogP contribution in [0.5, 0.6) is 0 Å². The maximum absolute atomic E-state index is 5.45. The Hall–Kier alpha value is -1.24. The highest BCUT2D eigenvalue weighted by Crippen LogP contribution is 2.21. The number of likely N-dealkylation sites (tertiary alicyclic amines) is 2. The van der Waals surface area contributed by atoms with E-state index in [-0.39, 0.29) is 0 Å². The van der Waals surface area contributed by atoms with Gasteiger partial charge in [-0.3, -0.25) is 9.80 Å². The topological polar surface area (TPSA) is 70.3 Å². The standard InChI is InChI=1S/C15H26N6/c1-12-9-14(19-16)18-15(17-12)11-20-8-5-13(10-20)21-6-3-2-4-7-21/h9,13H,2-8,10-11,16H2,1H3,(H,17,18,19). The van der Waals surface area contributed by atoms with Crippen molar-refractivity contribution >= 4 is 5.82 Å². The number of nitrogens with one attached hydrogen (secondary N) is 1. The third-order valence-electron chi connectivity index (χ3n) is 4.57. The highest BCUT2D eigenvalue weighted by atomic mass is 15.3. The number of hydrazine groups is 1. The maximum Gasteiger partial charge on any atom is 0.145 e. The highest BCUT2D eigenvalue weighted by Gasteiger charge is 2.28. The maximum atomic E-state index is 5.45. The van der Waals surface area contributed by atoms with Crippen molar-refractivity contribution in [2.45, 2.75) is 45.2 Å². The van der Waals surface area contributed by atoms with E-state index in [2.05, 4.69) is 25.2 Å². The lowest BCUT2D eigenvalue weighted by Crippen LogP contribution is -2.40. The third-order valence-corrected chi connectivity index (χ3v) is 4.57. The van der Waals surface area contributed by atoms with E-state index >= 15 is 0 Å². The normalized spacial score (nSPS) is 24.4. The van der Waals surface area contributed by atoms with E-state index in [4.69, 9.17) is 5.84 Å². The lowest BCUT2D eigenvalue weighted by Gasteiger charge is -2.32. The van der Waals surface area contributed by atoms with Gasteiger partial charge in [-0.05, 0) is 39.3 Å². The summed E-state index contributed by atoms with van der Waals surface area (Å²) >= 11 is 0. The van der Waals surface area contributed by atoms with Crippen LogP contribution in [-0.4, -0.2) is 52.0 Å². The van der Waals surface area contributed by atoms with E-state index in [9.17, 15) is 0 Å². The van der Waals surface area contributed by atoms with Crippen molar-refractivity contribution in [2.75, 3.05) is 31.6 Å². The number of aromatic nitrogens is 2. The molecule has 3 heterocycles. The van der Waals surface area contributed by atoms with Crippen molar-refractivity contribution in [2.24, 2.45) is 5.84 Å². The number of nitrogen functional groups attached to an aromatic ring is 1. The lowest BCUT2D eigenvalue weighted by molar-refractivity contribution is 0.160. The predicted octanol–water partition coefficient (Wildman–Crippen LogP) is 1.13. The third kappa shape index (κ3) is 3.70. The van der Waals surface area contributed by atoms with Crippen molar-refractivity contribution in [3.63, 3.8) is 0 Å². The van der Waals surface area contributed by atoms with Crippen LogP contribution in [0.4, 0.5) is 5.82 Å². The molecule has 3 N–H and O–H groups in total. The molecule has 3 rings (SSSR count). The fraction of sp³-hybridized carbons (Fsp3) is 0.733. The quantitative estimate of drug-likeness (QED) is 0.640. The zero-order valence-corrected chi connectivity index (χ0v) is 12.9. The van der Waals surface area contributed by atoms with Gasteiger partial charge in [0.15, 0.2) is 0 Å². The largest absolute Gasteiger partial charge is 0.308 e. The Balaban J connectivity index is 1.58. The minimum atomic E-state index is 0.698. The number of hydrogen-bond acceptors (Lipinski definition) is 6. The Labute approximate surface area is 126 Å². The first-order valence-electron chi connectivity index (χ1n) is 8.02.